The van der Waals surface area contributed by atoms with E-state index in [1.807, 2.05) is 0 Å². The fourth-order valence-electron chi connectivity index (χ4n) is 1.96. The lowest BCUT2D eigenvalue weighted by atomic mass is 10.1. The van der Waals surface area contributed by atoms with E-state index in [2.05, 4.69) is 9.98 Å². The third kappa shape index (κ3) is 3.10. The van der Waals surface area contributed by atoms with Gasteiger partial charge in [-0.3, -0.25) is 15.1 Å². The minimum Gasteiger partial charge on any atom is -0.496 e. The Morgan fingerprint density at radius 1 is 1.35 bits per heavy atom. The van der Waals surface area contributed by atoms with Crippen LogP contribution in [-0.4, -0.2) is 23.2 Å². The maximum atomic E-state index is 10.6. The SMILES string of the molecule is COc1cc(N=Cc2ccc([N+](=O)[O-])o2)ccc1-c1cnco1. The van der Waals surface area contributed by atoms with Crippen molar-refractivity contribution in [2.45, 2.75) is 0 Å². The Morgan fingerprint density at radius 2 is 2.22 bits per heavy atom. The minimum absolute atomic E-state index is 0.287. The number of methoxy groups -OCH3 is 1. The standard InChI is InChI=1S/C15H11N3O5/c1-21-13-6-10(2-4-12(13)14-8-16-9-22-14)17-7-11-3-5-15(23-11)18(19)20/h2-9H,1H3. The average molecular weight is 313 g/mol. The summed E-state index contributed by atoms with van der Waals surface area (Å²) in [6.45, 7) is 0. The zero-order valence-electron chi connectivity index (χ0n) is 12.0. The molecule has 0 aliphatic carbocycles. The Bertz CT molecular complexity index is 852. The van der Waals surface area contributed by atoms with E-state index in [0.717, 1.165) is 5.56 Å². The van der Waals surface area contributed by atoms with Gasteiger partial charge in [-0.1, -0.05) is 0 Å². The number of nitro groups is 1. The van der Waals surface area contributed by atoms with Gasteiger partial charge in [0.15, 0.2) is 17.9 Å². The van der Waals surface area contributed by atoms with Crippen molar-refractivity contribution in [3.05, 3.63) is 58.8 Å². The molecule has 2 aromatic heterocycles. The van der Waals surface area contributed by atoms with Crippen LogP contribution in [-0.2, 0) is 0 Å². The summed E-state index contributed by atoms with van der Waals surface area (Å²) in [5.41, 5.74) is 1.35. The van der Waals surface area contributed by atoms with Gasteiger partial charge in [0.05, 0.1) is 36.8 Å². The van der Waals surface area contributed by atoms with Crippen molar-refractivity contribution in [3.63, 3.8) is 0 Å². The number of hydrogen-bond acceptors (Lipinski definition) is 7. The molecule has 0 amide bonds. The van der Waals surface area contributed by atoms with Crippen LogP contribution in [0.5, 0.6) is 5.75 Å². The zero-order valence-corrected chi connectivity index (χ0v) is 12.0. The monoisotopic (exact) mass is 313 g/mol. The maximum Gasteiger partial charge on any atom is 0.433 e. The van der Waals surface area contributed by atoms with Crippen molar-refractivity contribution in [3.8, 4) is 17.1 Å². The predicted octanol–water partition coefficient (Wildman–Crippen LogP) is 3.60. The van der Waals surface area contributed by atoms with Crippen molar-refractivity contribution in [2.24, 2.45) is 4.99 Å². The summed E-state index contributed by atoms with van der Waals surface area (Å²) in [5.74, 6) is 1.11. The maximum absolute atomic E-state index is 10.6. The van der Waals surface area contributed by atoms with Crippen molar-refractivity contribution in [2.75, 3.05) is 7.11 Å². The smallest absolute Gasteiger partial charge is 0.433 e. The van der Waals surface area contributed by atoms with Gasteiger partial charge in [0.1, 0.15) is 10.7 Å². The quantitative estimate of drug-likeness (QED) is 0.405. The number of ether oxygens (including phenoxy) is 1. The molecule has 0 bridgehead atoms. The molecule has 0 fully saturated rings. The first kappa shape index (κ1) is 14.5. The first-order valence-electron chi connectivity index (χ1n) is 6.52. The lowest BCUT2D eigenvalue weighted by Gasteiger charge is -2.06. The third-order valence-electron chi connectivity index (χ3n) is 3.02. The van der Waals surface area contributed by atoms with Crippen LogP contribution in [0.25, 0.3) is 11.3 Å². The van der Waals surface area contributed by atoms with Gasteiger partial charge in [-0.2, -0.15) is 0 Å². The summed E-state index contributed by atoms with van der Waals surface area (Å²) < 4.78 is 15.6. The molecule has 0 spiro atoms. The topological polar surface area (TPSA) is 104 Å². The second-order valence-corrected chi connectivity index (χ2v) is 4.44. The van der Waals surface area contributed by atoms with E-state index in [9.17, 15) is 10.1 Å². The molecule has 1 aromatic carbocycles. The molecule has 8 nitrogen and oxygen atoms in total. The van der Waals surface area contributed by atoms with E-state index in [1.165, 1.54) is 24.7 Å². The molecule has 0 radical (unpaired) electrons. The van der Waals surface area contributed by atoms with Crippen molar-refractivity contribution < 1.29 is 18.5 Å². The molecule has 3 aromatic rings. The van der Waals surface area contributed by atoms with E-state index >= 15 is 0 Å². The Balaban J connectivity index is 1.85. The molecular weight excluding hydrogens is 302 g/mol. The van der Waals surface area contributed by atoms with Crippen molar-refractivity contribution in [1.29, 1.82) is 0 Å². The highest BCUT2D eigenvalue weighted by Gasteiger charge is 2.11. The summed E-state index contributed by atoms with van der Waals surface area (Å²) in [7, 11) is 1.54. The molecule has 3 rings (SSSR count). The number of benzene rings is 1. The fraction of sp³-hybridized carbons (Fsp3) is 0.0667. The summed E-state index contributed by atoms with van der Waals surface area (Å²) in [6.07, 6.45) is 4.32. The van der Waals surface area contributed by atoms with Gasteiger partial charge >= 0.3 is 5.88 Å². The third-order valence-corrected chi connectivity index (χ3v) is 3.02. The summed E-state index contributed by atoms with van der Waals surface area (Å²) in [6, 6.07) is 8.01. The molecule has 8 heteroatoms. The lowest BCUT2D eigenvalue weighted by molar-refractivity contribution is -0.402. The fourth-order valence-corrected chi connectivity index (χ4v) is 1.96. The van der Waals surface area contributed by atoms with Crippen LogP contribution in [0.1, 0.15) is 5.76 Å². The molecule has 23 heavy (non-hydrogen) atoms. The Hall–Kier alpha value is -3.42. The highest BCUT2D eigenvalue weighted by atomic mass is 16.6. The van der Waals surface area contributed by atoms with E-state index in [4.69, 9.17) is 13.6 Å². The molecule has 2 heterocycles. The van der Waals surface area contributed by atoms with Crippen LogP contribution in [0.15, 0.2) is 56.7 Å². The van der Waals surface area contributed by atoms with Gasteiger partial charge in [0.2, 0.25) is 0 Å². The molecule has 116 valence electrons. The highest BCUT2D eigenvalue weighted by Crippen LogP contribution is 2.33. The van der Waals surface area contributed by atoms with Gasteiger partial charge in [0, 0.05) is 6.07 Å². The van der Waals surface area contributed by atoms with Gasteiger partial charge < -0.3 is 13.6 Å². The second-order valence-electron chi connectivity index (χ2n) is 4.44. The largest absolute Gasteiger partial charge is 0.496 e. The first-order valence-corrected chi connectivity index (χ1v) is 6.52. The first-order chi connectivity index (χ1) is 11.2. The van der Waals surface area contributed by atoms with E-state index in [0.29, 0.717) is 17.2 Å². The molecule has 0 saturated carbocycles. The van der Waals surface area contributed by atoms with Gasteiger partial charge in [0.25, 0.3) is 0 Å². The number of furan rings is 1. The highest BCUT2D eigenvalue weighted by molar-refractivity contribution is 5.80. The van der Waals surface area contributed by atoms with Crippen molar-refractivity contribution >= 4 is 17.8 Å². The molecular formula is C15H11N3O5. The summed E-state index contributed by atoms with van der Waals surface area (Å²) in [5, 5.41) is 10.6. The second kappa shape index (κ2) is 6.14. The number of hydrogen-bond donors (Lipinski definition) is 0. The molecule has 0 saturated heterocycles. The lowest BCUT2D eigenvalue weighted by Crippen LogP contribution is -1.87. The number of oxazole rings is 1. The normalized spacial score (nSPS) is 11.0. The molecule has 0 N–H and O–H groups in total. The number of rotatable bonds is 5. The van der Waals surface area contributed by atoms with Crippen molar-refractivity contribution in [1.82, 2.24) is 4.98 Å². The van der Waals surface area contributed by atoms with Crippen LogP contribution in [0.3, 0.4) is 0 Å². The Labute approximate surface area is 130 Å². The number of aliphatic imine (C=N–C) groups is 1. The number of aromatic nitrogens is 1. The Kier molecular flexibility index (Phi) is 3.88. The van der Waals surface area contributed by atoms with Crippen LogP contribution in [0, 0.1) is 10.1 Å². The van der Waals surface area contributed by atoms with Crippen LogP contribution in [0.2, 0.25) is 0 Å². The van der Waals surface area contributed by atoms with Crippen LogP contribution < -0.4 is 4.74 Å². The predicted molar refractivity (Wildman–Crippen MR) is 81.1 cm³/mol. The Morgan fingerprint density at radius 3 is 2.87 bits per heavy atom. The zero-order chi connectivity index (χ0) is 16.2. The van der Waals surface area contributed by atoms with Crippen LogP contribution >= 0.6 is 0 Å². The minimum atomic E-state index is -0.605. The van der Waals surface area contributed by atoms with Gasteiger partial charge in [-0.15, -0.1) is 0 Å². The molecule has 0 aliphatic rings. The average Bonchev–Trinajstić information content (AvgIpc) is 3.24. The van der Waals surface area contributed by atoms with Crippen LogP contribution in [0.4, 0.5) is 11.6 Å². The van der Waals surface area contributed by atoms with Gasteiger partial charge in [-0.25, -0.2) is 4.98 Å². The summed E-state index contributed by atoms with van der Waals surface area (Å²) in [4.78, 5) is 18.0. The van der Waals surface area contributed by atoms with Gasteiger partial charge in [-0.05, 0) is 18.2 Å². The number of nitrogens with zero attached hydrogens (tertiary/aromatic N) is 3. The summed E-state index contributed by atoms with van der Waals surface area (Å²) >= 11 is 0. The van der Waals surface area contributed by atoms with E-state index in [-0.39, 0.29) is 11.6 Å². The molecule has 0 aliphatic heterocycles. The van der Waals surface area contributed by atoms with E-state index < -0.39 is 4.92 Å². The molecule has 0 atom stereocenters. The van der Waals surface area contributed by atoms with E-state index in [1.54, 1.807) is 31.5 Å². The molecule has 0 unspecified atom stereocenters.